The van der Waals surface area contributed by atoms with Crippen molar-refractivity contribution in [2.75, 3.05) is 6.61 Å². The molecule has 0 heterocycles. The van der Waals surface area contributed by atoms with Gasteiger partial charge in [0.05, 0.1) is 6.61 Å². The summed E-state index contributed by atoms with van der Waals surface area (Å²) in [5.41, 5.74) is 4.36. The highest BCUT2D eigenvalue weighted by Gasteiger charge is 2.32. The third-order valence-electron chi connectivity index (χ3n) is 3.76. The average molecular weight is 260 g/mol. The first-order valence-corrected chi connectivity index (χ1v) is 6.84. The van der Waals surface area contributed by atoms with Gasteiger partial charge in [-0.15, -0.1) is 0 Å². The van der Waals surface area contributed by atoms with Crippen LogP contribution in [0.4, 0.5) is 0 Å². The van der Waals surface area contributed by atoms with Crippen LogP contribution < -0.4 is 0 Å². The summed E-state index contributed by atoms with van der Waals surface area (Å²) in [4.78, 5) is 24.0. The van der Waals surface area contributed by atoms with Crippen LogP contribution in [0.1, 0.15) is 48.4 Å². The molecule has 0 aliphatic heterocycles. The second-order valence-electron chi connectivity index (χ2n) is 5.08. The van der Waals surface area contributed by atoms with Gasteiger partial charge in [-0.3, -0.25) is 9.59 Å². The zero-order valence-corrected chi connectivity index (χ0v) is 11.8. The van der Waals surface area contributed by atoms with Crippen LogP contribution in [0, 0.1) is 6.92 Å². The van der Waals surface area contributed by atoms with Gasteiger partial charge in [0.2, 0.25) is 0 Å². The fourth-order valence-electron chi connectivity index (χ4n) is 2.93. The first kappa shape index (κ1) is 13.8. The summed E-state index contributed by atoms with van der Waals surface area (Å²) in [6.07, 6.45) is 3.09. The number of fused-ring (bicyclic) bond motifs is 1. The topological polar surface area (TPSA) is 43.4 Å². The minimum absolute atomic E-state index is 0.137. The third-order valence-corrected chi connectivity index (χ3v) is 3.76. The van der Waals surface area contributed by atoms with Crippen LogP contribution in [-0.2, 0) is 27.2 Å². The number of hydrogen-bond donors (Lipinski definition) is 0. The summed E-state index contributed by atoms with van der Waals surface area (Å²) in [5, 5.41) is 0. The molecule has 1 atom stereocenters. The Balaban J connectivity index is 2.51. The summed E-state index contributed by atoms with van der Waals surface area (Å²) in [6, 6.07) is 4.12. The molecule has 0 fully saturated rings. The van der Waals surface area contributed by atoms with Gasteiger partial charge in [0.25, 0.3) is 0 Å². The Morgan fingerprint density at radius 3 is 2.68 bits per heavy atom. The molecule has 2 rings (SSSR count). The number of ketones is 1. The molecule has 1 aromatic carbocycles. The molecule has 1 unspecified atom stereocenters. The van der Waals surface area contributed by atoms with Crippen LogP contribution in [0.25, 0.3) is 0 Å². The van der Waals surface area contributed by atoms with Gasteiger partial charge in [-0.05, 0) is 62.3 Å². The molecule has 1 aromatic rings. The minimum atomic E-state index is -0.756. The van der Waals surface area contributed by atoms with E-state index in [2.05, 4.69) is 6.07 Å². The Morgan fingerprint density at radius 1 is 1.32 bits per heavy atom. The van der Waals surface area contributed by atoms with Crippen LogP contribution >= 0.6 is 0 Å². The van der Waals surface area contributed by atoms with Gasteiger partial charge < -0.3 is 4.74 Å². The molecule has 1 aliphatic rings. The van der Waals surface area contributed by atoms with E-state index >= 15 is 0 Å². The van der Waals surface area contributed by atoms with E-state index in [1.54, 1.807) is 6.92 Å². The molecule has 19 heavy (non-hydrogen) atoms. The molecule has 1 aliphatic carbocycles. The molecule has 3 nitrogen and oxygen atoms in total. The molecule has 0 saturated heterocycles. The summed E-state index contributed by atoms with van der Waals surface area (Å²) in [6.45, 7) is 5.49. The van der Waals surface area contributed by atoms with Crippen molar-refractivity contribution in [3.05, 3.63) is 34.4 Å². The van der Waals surface area contributed by atoms with Gasteiger partial charge in [0.1, 0.15) is 11.7 Å². The lowest BCUT2D eigenvalue weighted by Crippen LogP contribution is -2.24. The number of Topliss-reactive ketones (excluding diaryl/α,β-unsaturated/α-hetero) is 1. The summed E-state index contributed by atoms with van der Waals surface area (Å²) < 4.78 is 5.07. The van der Waals surface area contributed by atoms with Gasteiger partial charge in [0.15, 0.2) is 0 Å². The van der Waals surface area contributed by atoms with Crippen molar-refractivity contribution >= 4 is 11.8 Å². The number of rotatable bonds is 4. The zero-order valence-electron chi connectivity index (χ0n) is 11.8. The quantitative estimate of drug-likeness (QED) is 0.617. The van der Waals surface area contributed by atoms with Gasteiger partial charge in [-0.2, -0.15) is 0 Å². The second-order valence-corrected chi connectivity index (χ2v) is 5.08. The highest BCUT2D eigenvalue weighted by molar-refractivity contribution is 6.04. The first-order chi connectivity index (χ1) is 9.06. The normalized spacial score (nSPS) is 14.9. The van der Waals surface area contributed by atoms with Gasteiger partial charge in [-0.1, -0.05) is 12.1 Å². The number of ether oxygens (including phenoxy) is 1. The predicted octanol–water partition coefficient (Wildman–Crippen LogP) is 2.72. The van der Waals surface area contributed by atoms with Crippen molar-refractivity contribution in [2.24, 2.45) is 0 Å². The molecule has 0 spiro atoms. The highest BCUT2D eigenvalue weighted by Crippen LogP contribution is 2.33. The van der Waals surface area contributed by atoms with E-state index < -0.39 is 11.9 Å². The highest BCUT2D eigenvalue weighted by atomic mass is 16.5. The van der Waals surface area contributed by atoms with Crippen LogP contribution in [0.3, 0.4) is 0 Å². The third kappa shape index (κ3) is 2.55. The number of carbonyl (C=O) groups excluding carboxylic acids is 2. The Kier molecular flexibility index (Phi) is 4.03. The maximum Gasteiger partial charge on any atom is 0.321 e. The summed E-state index contributed by atoms with van der Waals surface area (Å²) >= 11 is 0. The molecular weight excluding hydrogens is 240 g/mol. The Bertz CT molecular complexity index is 517. The summed E-state index contributed by atoms with van der Waals surface area (Å²) in [7, 11) is 0. The van der Waals surface area contributed by atoms with Crippen molar-refractivity contribution < 1.29 is 14.3 Å². The standard InChI is InChI=1S/C16H20O3/c1-4-19-16(18)15(11(3)17)14-10(2)8-9-12-6-5-7-13(12)14/h8-9,15H,4-7H2,1-3H3. The number of hydrogen-bond acceptors (Lipinski definition) is 3. The van der Waals surface area contributed by atoms with E-state index in [-0.39, 0.29) is 5.78 Å². The van der Waals surface area contributed by atoms with Crippen LogP contribution in [0.5, 0.6) is 0 Å². The smallest absolute Gasteiger partial charge is 0.321 e. The maximum absolute atomic E-state index is 12.1. The SMILES string of the molecule is CCOC(=O)C(C(C)=O)c1c(C)ccc2c1CCC2. The molecule has 0 amide bonds. The monoisotopic (exact) mass is 260 g/mol. The second kappa shape index (κ2) is 5.55. The molecule has 3 heteroatoms. The van der Waals surface area contributed by atoms with E-state index in [9.17, 15) is 9.59 Å². The lowest BCUT2D eigenvalue weighted by molar-refractivity contribution is -0.147. The predicted molar refractivity (Wildman–Crippen MR) is 73.3 cm³/mol. The zero-order chi connectivity index (χ0) is 14.0. The molecule has 0 bridgehead atoms. The lowest BCUT2D eigenvalue weighted by atomic mass is 9.86. The maximum atomic E-state index is 12.1. The molecule has 0 aromatic heterocycles. The van der Waals surface area contributed by atoms with E-state index in [1.165, 1.54) is 18.1 Å². The van der Waals surface area contributed by atoms with E-state index in [4.69, 9.17) is 4.74 Å². The fourth-order valence-corrected chi connectivity index (χ4v) is 2.93. The number of benzene rings is 1. The van der Waals surface area contributed by atoms with E-state index in [1.807, 2.05) is 13.0 Å². The van der Waals surface area contributed by atoms with Gasteiger partial charge in [-0.25, -0.2) is 0 Å². The Labute approximate surface area is 114 Å². The van der Waals surface area contributed by atoms with Crippen molar-refractivity contribution in [1.82, 2.24) is 0 Å². The summed E-state index contributed by atoms with van der Waals surface area (Å²) in [5.74, 6) is -1.31. The average Bonchev–Trinajstić information content (AvgIpc) is 2.80. The van der Waals surface area contributed by atoms with Crippen molar-refractivity contribution in [2.45, 2.75) is 46.0 Å². The fraction of sp³-hybridized carbons (Fsp3) is 0.500. The van der Waals surface area contributed by atoms with Crippen LogP contribution in [0.15, 0.2) is 12.1 Å². The van der Waals surface area contributed by atoms with Crippen molar-refractivity contribution in [3.8, 4) is 0 Å². The Hall–Kier alpha value is -1.64. The van der Waals surface area contributed by atoms with E-state index in [0.717, 1.165) is 30.4 Å². The lowest BCUT2D eigenvalue weighted by Gasteiger charge is -2.19. The molecule has 0 N–H and O–H groups in total. The molecular formula is C16H20O3. The molecule has 0 saturated carbocycles. The first-order valence-electron chi connectivity index (χ1n) is 6.84. The van der Waals surface area contributed by atoms with Gasteiger partial charge in [0, 0.05) is 0 Å². The number of carbonyl (C=O) groups is 2. The van der Waals surface area contributed by atoms with Crippen molar-refractivity contribution in [3.63, 3.8) is 0 Å². The van der Waals surface area contributed by atoms with Crippen LogP contribution in [0.2, 0.25) is 0 Å². The number of esters is 1. The largest absolute Gasteiger partial charge is 0.465 e. The Morgan fingerprint density at radius 2 is 2.05 bits per heavy atom. The number of aryl methyl sites for hydroxylation is 2. The van der Waals surface area contributed by atoms with Crippen molar-refractivity contribution in [1.29, 1.82) is 0 Å². The molecule has 0 radical (unpaired) electrons. The molecule has 102 valence electrons. The minimum Gasteiger partial charge on any atom is -0.465 e. The van der Waals surface area contributed by atoms with E-state index in [0.29, 0.717) is 6.61 Å². The van der Waals surface area contributed by atoms with Crippen LogP contribution in [-0.4, -0.2) is 18.4 Å². The van der Waals surface area contributed by atoms with Gasteiger partial charge >= 0.3 is 5.97 Å².